The van der Waals surface area contributed by atoms with Gasteiger partial charge in [0.2, 0.25) is 0 Å². The van der Waals surface area contributed by atoms with Crippen LogP contribution in [0.4, 0.5) is 11.4 Å². The number of aromatic nitrogens is 2. The molecule has 0 aliphatic carbocycles. The van der Waals surface area contributed by atoms with Crippen molar-refractivity contribution in [1.82, 2.24) is 9.97 Å². The number of nitrogens with zero attached hydrogens (tertiary/aromatic N) is 2. The Bertz CT molecular complexity index is 1240. The first kappa shape index (κ1) is 19.1. The molecule has 1 aromatic heterocycles. The van der Waals surface area contributed by atoms with Crippen LogP contribution in [0.25, 0.3) is 28.0 Å². The molecule has 31 heavy (non-hydrogen) atoms. The normalized spacial score (nSPS) is 15.7. The second kappa shape index (κ2) is 8.84. The summed E-state index contributed by atoms with van der Waals surface area (Å²) < 4.78 is 0. The van der Waals surface area contributed by atoms with Gasteiger partial charge in [-0.15, -0.1) is 0 Å². The highest BCUT2D eigenvalue weighted by molar-refractivity contribution is 6.10. The van der Waals surface area contributed by atoms with Crippen molar-refractivity contribution in [2.45, 2.75) is 19.3 Å². The first-order chi connectivity index (χ1) is 15.3. The van der Waals surface area contributed by atoms with Crippen molar-refractivity contribution in [3.63, 3.8) is 0 Å². The Kier molecular flexibility index (Phi) is 5.44. The Morgan fingerprint density at radius 1 is 0.806 bits per heavy atom. The quantitative estimate of drug-likeness (QED) is 0.380. The number of para-hydroxylation sites is 2. The molecule has 4 aromatic rings. The second-order valence-electron chi connectivity index (χ2n) is 7.64. The number of imidazole rings is 1. The van der Waals surface area contributed by atoms with Gasteiger partial charge >= 0.3 is 0 Å². The van der Waals surface area contributed by atoms with Gasteiger partial charge in [-0.25, -0.2) is 4.98 Å². The zero-order chi connectivity index (χ0) is 20.9. The summed E-state index contributed by atoms with van der Waals surface area (Å²) >= 11 is 0. The highest BCUT2D eigenvalue weighted by Gasteiger charge is 2.06. The number of aliphatic imine (C=N–C) groups is 1. The van der Waals surface area contributed by atoms with Crippen molar-refractivity contribution in [2.24, 2.45) is 4.99 Å². The largest absolute Gasteiger partial charge is 0.356 e. The van der Waals surface area contributed by atoms with Crippen LogP contribution in [0.15, 0.2) is 96.1 Å². The van der Waals surface area contributed by atoms with Crippen LogP contribution in [0.2, 0.25) is 0 Å². The molecular weight excluding hydrogens is 380 g/mol. The van der Waals surface area contributed by atoms with Crippen LogP contribution in [-0.4, -0.2) is 16.2 Å². The van der Waals surface area contributed by atoms with E-state index in [0.29, 0.717) is 0 Å². The summed E-state index contributed by atoms with van der Waals surface area (Å²) in [5.74, 6) is 0.876. The standard InChI is InChI=1S/C27H24N4/c1-2-6-17-28-19-22(8-3-1)20-13-15-23(16-14-20)29-24-10-7-9-21(18-24)27-30-25-11-4-5-12-26(25)31-27/h4-19,29H,1-3H2,(H,30,31)/b17-6?,22-8-,28-19?. The number of rotatable bonds is 4. The number of fused-ring (bicyclic) bond motifs is 1. The average Bonchev–Trinajstić information content (AvgIpc) is 3.29. The molecular formula is C27H24N4. The Hall–Kier alpha value is -3.92. The fraction of sp³-hybridized carbons (Fsp3) is 0.111. The molecule has 1 aliphatic rings. The van der Waals surface area contributed by atoms with Gasteiger partial charge in [-0.3, -0.25) is 4.99 Å². The molecule has 2 heterocycles. The van der Waals surface area contributed by atoms with E-state index in [9.17, 15) is 0 Å². The predicted octanol–water partition coefficient (Wildman–Crippen LogP) is 7.13. The maximum absolute atomic E-state index is 4.71. The van der Waals surface area contributed by atoms with Crippen molar-refractivity contribution in [1.29, 1.82) is 0 Å². The Morgan fingerprint density at radius 3 is 2.61 bits per heavy atom. The Morgan fingerprint density at radius 2 is 1.71 bits per heavy atom. The lowest BCUT2D eigenvalue weighted by Gasteiger charge is -2.09. The maximum Gasteiger partial charge on any atom is 0.138 e. The van der Waals surface area contributed by atoms with Crippen LogP contribution in [0.1, 0.15) is 24.8 Å². The summed E-state index contributed by atoms with van der Waals surface area (Å²) in [6.45, 7) is 0. The minimum absolute atomic E-state index is 0.876. The number of nitrogens with one attached hydrogen (secondary N) is 2. The van der Waals surface area contributed by atoms with Crippen LogP contribution in [0, 0.1) is 0 Å². The van der Waals surface area contributed by atoms with E-state index in [4.69, 9.17) is 4.98 Å². The molecule has 152 valence electrons. The third-order valence-corrected chi connectivity index (χ3v) is 5.38. The molecule has 0 unspecified atom stereocenters. The summed E-state index contributed by atoms with van der Waals surface area (Å²) in [5, 5.41) is 3.50. The fourth-order valence-electron chi connectivity index (χ4n) is 3.74. The van der Waals surface area contributed by atoms with Crippen molar-refractivity contribution in [2.75, 3.05) is 5.32 Å². The van der Waals surface area contributed by atoms with Crippen LogP contribution < -0.4 is 5.32 Å². The number of hydrogen-bond acceptors (Lipinski definition) is 3. The van der Waals surface area contributed by atoms with Crippen molar-refractivity contribution >= 4 is 34.2 Å². The van der Waals surface area contributed by atoms with E-state index in [1.165, 1.54) is 11.1 Å². The van der Waals surface area contributed by atoms with Crippen molar-refractivity contribution < 1.29 is 0 Å². The number of H-pyrrole nitrogens is 1. The zero-order valence-corrected chi connectivity index (χ0v) is 17.3. The lowest BCUT2D eigenvalue weighted by molar-refractivity contribution is 0.869. The number of benzene rings is 3. The van der Waals surface area contributed by atoms with Gasteiger partial charge in [0, 0.05) is 29.4 Å². The monoisotopic (exact) mass is 404 g/mol. The van der Waals surface area contributed by atoms with E-state index in [2.05, 4.69) is 69.9 Å². The molecule has 2 N–H and O–H groups in total. The third kappa shape index (κ3) is 4.48. The molecule has 1 aliphatic heterocycles. The van der Waals surface area contributed by atoms with E-state index in [1.807, 2.05) is 42.7 Å². The van der Waals surface area contributed by atoms with Gasteiger partial charge in [-0.2, -0.15) is 0 Å². The number of anilines is 2. The summed E-state index contributed by atoms with van der Waals surface area (Å²) in [5.41, 5.74) is 7.50. The zero-order valence-electron chi connectivity index (χ0n) is 17.3. The molecule has 0 atom stereocenters. The van der Waals surface area contributed by atoms with Gasteiger partial charge in [0.05, 0.1) is 11.0 Å². The van der Waals surface area contributed by atoms with Gasteiger partial charge in [0.25, 0.3) is 0 Å². The predicted molar refractivity (Wildman–Crippen MR) is 131 cm³/mol. The van der Waals surface area contributed by atoms with E-state index in [0.717, 1.165) is 53.1 Å². The van der Waals surface area contributed by atoms with Gasteiger partial charge < -0.3 is 10.3 Å². The van der Waals surface area contributed by atoms with Gasteiger partial charge in [0.15, 0.2) is 0 Å². The maximum atomic E-state index is 4.71. The summed E-state index contributed by atoms with van der Waals surface area (Å²) in [7, 11) is 0. The SMILES string of the molecule is C1=CN=C/C(c2ccc(Nc3cccc(-c4nc5ccccc5[nH]4)c3)cc2)=C/CCC1. The topological polar surface area (TPSA) is 53.1 Å². The molecule has 5 rings (SSSR count). The molecule has 4 heteroatoms. The van der Waals surface area contributed by atoms with E-state index >= 15 is 0 Å². The first-order valence-corrected chi connectivity index (χ1v) is 10.7. The molecule has 0 radical (unpaired) electrons. The number of hydrogen-bond donors (Lipinski definition) is 2. The van der Waals surface area contributed by atoms with Crippen LogP contribution in [0.3, 0.4) is 0 Å². The molecule has 4 nitrogen and oxygen atoms in total. The summed E-state index contributed by atoms with van der Waals surface area (Å²) in [6.07, 6.45) is 11.5. The first-order valence-electron chi connectivity index (χ1n) is 10.7. The van der Waals surface area contributed by atoms with Gasteiger partial charge in [-0.05, 0) is 66.8 Å². The molecule has 0 fully saturated rings. The number of aromatic amines is 1. The van der Waals surface area contributed by atoms with Crippen LogP contribution in [0.5, 0.6) is 0 Å². The molecule has 0 saturated heterocycles. The molecule has 0 saturated carbocycles. The van der Waals surface area contributed by atoms with E-state index < -0.39 is 0 Å². The second-order valence-corrected chi connectivity index (χ2v) is 7.64. The lowest BCUT2D eigenvalue weighted by Crippen LogP contribution is -1.92. The van der Waals surface area contributed by atoms with Crippen LogP contribution in [-0.2, 0) is 0 Å². The molecule has 3 aromatic carbocycles. The van der Waals surface area contributed by atoms with E-state index in [1.54, 1.807) is 0 Å². The lowest BCUT2D eigenvalue weighted by atomic mass is 10.0. The minimum atomic E-state index is 0.876. The molecule has 0 amide bonds. The molecule has 0 bridgehead atoms. The fourth-order valence-corrected chi connectivity index (χ4v) is 3.74. The Labute approximate surface area is 182 Å². The van der Waals surface area contributed by atoms with Gasteiger partial charge in [0.1, 0.15) is 5.82 Å². The summed E-state index contributed by atoms with van der Waals surface area (Å²) in [6, 6.07) is 24.9. The highest BCUT2D eigenvalue weighted by atomic mass is 14.9. The smallest absolute Gasteiger partial charge is 0.138 e. The third-order valence-electron chi connectivity index (χ3n) is 5.38. The highest BCUT2D eigenvalue weighted by Crippen LogP contribution is 2.26. The molecule has 0 spiro atoms. The Balaban J connectivity index is 1.35. The van der Waals surface area contributed by atoms with E-state index in [-0.39, 0.29) is 0 Å². The minimum Gasteiger partial charge on any atom is -0.356 e. The average molecular weight is 405 g/mol. The summed E-state index contributed by atoms with van der Waals surface area (Å²) in [4.78, 5) is 12.5. The number of allylic oxidation sites excluding steroid dienone is 3. The van der Waals surface area contributed by atoms with Crippen LogP contribution >= 0.6 is 0 Å². The van der Waals surface area contributed by atoms with Crippen molar-refractivity contribution in [3.8, 4) is 11.4 Å². The van der Waals surface area contributed by atoms with Crippen molar-refractivity contribution in [3.05, 3.63) is 96.7 Å². The van der Waals surface area contributed by atoms with Gasteiger partial charge in [-0.1, -0.05) is 48.6 Å².